The topological polar surface area (TPSA) is 20.2 Å². The van der Waals surface area contributed by atoms with E-state index in [0.717, 1.165) is 0 Å². The normalized spacial score (nSPS) is 12.8. The van der Waals surface area contributed by atoms with Gasteiger partial charge in [-0.2, -0.15) is 0 Å². The van der Waals surface area contributed by atoms with Crippen molar-refractivity contribution < 1.29 is 5.11 Å². The van der Waals surface area contributed by atoms with Crippen LogP contribution in [0.25, 0.3) is 0 Å². The van der Waals surface area contributed by atoms with Crippen LogP contribution < -0.4 is 0 Å². The summed E-state index contributed by atoms with van der Waals surface area (Å²) < 4.78 is 0.478. The molecule has 0 heterocycles. The smallest absolute Gasteiger partial charge is 0.0548 e. The molecule has 0 aromatic heterocycles. The van der Waals surface area contributed by atoms with Crippen molar-refractivity contribution in [3.63, 3.8) is 0 Å². The first-order chi connectivity index (χ1) is 8.81. The van der Waals surface area contributed by atoms with E-state index >= 15 is 0 Å². The van der Waals surface area contributed by atoms with E-state index in [1.54, 1.807) is 0 Å². The Kier molecular flexibility index (Phi) is 16.4. The third-order valence-electron chi connectivity index (χ3n) is 3.57. The summed E-state index contributed by atoms with van der Waals surface area (Å²) in [5.41, 5.74) is 0. The van der Waals surface area contributed by atoms with E-state index in [2.05, 4.69) is 29.5 Å². The Bertz CT molecular complexity index is 150. The summed E-state index contributed by atoms with van der Waals surface area (Å²) in [6, 6.07) is 0. The zero-order chi connectivity index (χ0) is 13.5. The lowest BCUT2D eigenvalue weighted by Crippen LogP contribution is -2.02. The van der Waals surface area contributed by atoms with Gasteiger partial charge in [0.2, 0.25) is 0 Å². The Balaban J connectivity index is 2.94. The minimum absolute atomic E-state index is 0.346. The zero-order valence-corrected chi connectivity index (χ0v) is 14.5. The fraction of sp³-hybridized carbons (Fsp3) is 1.00. The van der Waals surface area contributed by atoms with Gasteiger partial charge in [0.1, 0.15) is 0 Å². The first-order valence-electron chi connectivity index (χ1n) is 8.06. The van der Waals surface area contributed by atoms with Crippen molar-refractivity contribution >= 4 is 22.6 Å². The van der Waals surface area contributed by atoms with Gasteiger partial charge in [-0.3, -0.25) is 0 Å². The highest BCUT2D eigenvalue weighted by molar-refractivity contribution is 14.1. The second kappa shape index (κ2) is 15.7. The van der Waals surface area contributed by atoms with Gasteiger partial charge in [-0.1, -0.05) is 107 Å². The van der Waals surface area contributed by atoms with Gasteiger partial charge in [0, 0.05) is 3.92 Å². The fourth-order valence-electron chi connectivity index (χ4n) is 2.30. The van der Waals surface area contributed by atoms with Crippen molar-refractivity contribution in [1.29, 1.82) is 0 Å². The van der Waals surface area contributed by atoms with Gasteiger partial charge >= 0.3 is 0 Å². The van der Waals surface area contributed by atoms with Gasteiger partial charge in [-0.25, -0.2) is 0 Å². The second-order valence-corrected chi connectivity index (χ2v) is 7.22. The third-order valence-corrected chi connectivity index (χ3v) is 4.59. The van der Waals surface area contributed by atoms with Crippen LogP contribution in [0.2, 0.25) is 0 Å². The molecule has 110 valence electrons. The van der Waals surface area contributed by atoms with E-state index in [9.17, 15) is 0 Å². The molecular formula is C16H33IO. The summed E-state index contributed by atoms with van der Waals surface area (Å²) in [6.07, 6.45) is 18.1. The van der Waals surface area contributed by atoms with Crippen molar-refractivity contribution in [2.24, 2.45) is 0 Å². The average Bonchev–Trinajstić information content (AvgIpc) is 2.39. The number of halogens is 1. The highest BCUT2D eigenvalue weighted by atomic mass is 127. The lowest BCUT2D eigenvalue weighted by molar-refractivity contribution is 0.293. The predicted octanol–water partition coefficient (Wildman–Crippen LogP) is 5.87. The number of aliphatic hydroxyl groups excluding tert-OH is 1. The van der Waals surface area contributed by atoms with Gasteiger partial charge in [0.05, 0.1) is 6.61 Å². The molecule has 0 radical (unpaired) electrons. The molecule has 0 bridgehead atoms. The molecule has 2 heteroatoms. The summed E-state index contributed by atoms with van der Waals surface area (Å²) in [5, 5.41) is 8.90. The Morgan fingerprint density at radius 1 is 0.722 bits per heavy atom. The van der Waals surface area contributed by atoms with Crippen LogP contribution in [0.4, 0.5) is 0 Å². The molecule has 0 spiro atoms. The number of rotatable bonds is 14. The number of unbranched alkanes of at least 4 members (excludes halogenated alkanes) is 11. The summed E-state index contributed by atoms with van der Waals surface area (Å²) in [7, 11) is 0. The molecule has 0 fully saturated rings. The highest BCUT2D eigenvalue weighted by Crippen LogP contribution is 2.14. The molecule has 0 aromatic rings. The Hall–Kier alpha value is 0.690. The molecule has 1 atom stereocenters. The van der Waals surface area contributed by atoms with E-state index in [-0.39, 0.29) is 0 Å². The van der Waals surface area contributed by atoms with Crippen LogP contribution in [-0.4, -0.2) is 15.6 Å². The van der Waals surface area contributed by atoms with Crippen LogP contribution >= 0.6 is 22.6 Å². The number of alkyl halides is 1. The van der Waals surface area contributed by atoms with Gasteiger partial charge in [-0.15, -0.1) is 0 Å². The summed E-state index contributed by atoms with van der Waals surface area (Å²) in [6.45, 7) is 2.62. The minimum atomic E-state index is 0.346. The van der Waals surface area contributed by atoms with Gasteiger partial charge < -0.3 is 5.11 Å². The molecule has 1 nitrogen and oxygen atoms in total. The maximum Gasteiger partial charge on any atom is 0.0548 e. The van der Waals surface area contributed by atoms with Crippen molar-refractivity contribution in [3.05, 3.63) is 0 Å². The number of hydrogen-bond donors (Lipinski definition) is 1. The second-order valence-electron chi connectivity index (χ2n) is 5.46. The predicted molar refractivity (Wildman–Crippen MR) is 90.6 cm³/mol. The maximum absolute atomic E-state index is 8.90. The van der Waals surface area contributed by atoms with Crippen LogP contribution in [0.3, 0.4) is 0 Å². The zero-order valence-electron chi connectivity index (χ0n) is 12.3. The molecule has 0 aliphatic carbocycles. The van der Waals surface area contributed by atoms with Crippen molar-refractivity contribution in [2.75, 3.05) is 6.61 Å². The lowest BCUT2D eigenvalue weighted by Gasteiger charge is -2.05. The van der Waals surface area contributed by atoms with Crippen LogP contribution in [0.5, 0.6) is 0 Å². The largest absolute Gasteiger partial charge is 0.395 e. The van der Waals surface area contributed by atoms with Gasteiger partial charge in [-0.05, 0) is 6.42 Å². The molecule has 0 aromatic carbocycles. The first-order valence-corrected chi connectivity index (χ1v) is 9.30. The van der Waals surface area contributed by atoms with Crippen molar-refractivity contribution in [1.82, 2.24) is 0 Å². The van der Waals surface area contributed by atoms with Crippen molar-refractivity contribution in [3.8, 4) is 0 Å². The molecule has 0 rings (SSSR count). The molecule has 0 aliphatic rings. The highest BCUT2D eigenvalue weighted by Gasteiger charge is 2.00. The van der Waals surface area contributed by atoms with Crippen LogP contribution in [0.1, 0.15) is 90.4 Å². The Morgan fingerprint density at radius 3 is 1.50 bits per heavy atom. The van der Waals surface area contributed by atoms with Crippen LogP contribution in [-0.2, 0) is 0 Å². The summed E-state index contributed by atoms with van der Waals surface area (Å²) in [4.78, 5) is 0. The lowest BCUT2D eigenvalue weighted by atomic mass is 10.0. The number of aliphatic hydroxyl groups is 1. The number of hydrogen-bond acceptors (Lipinski definition) is 1. The molecule has 0 amide bonds. The van der Waals surface area contributed by atoms with E-state index < -0.39 is 0 Å². The van der Waals surface area contributed by atoms with Gasteiger partial charge in [0.15, 0.2) is 0 Å². The first kappa shape index (κ1) is 18.7. The van der Waals surface area contributed by atoms with E-state index in [0.29, 0.717) is 10.5 Å². The molecule has 18 heavy (non-hydrogen) atoms. The molecular weight excluding hydrogens is 335 g/mol. The van der Waals surface area contributed by atoms with E-state index in [4.69, 9.17) is 5.11 Å². The SMILES string of the molecule is CCCCCCCCCCCCCCC(I)CO. The minimum Gasteiger partial charge on any atom is -0.395 e. The quantitative estimate of drug-likeness (QED) is 0.231. The van der Waals surface area contributed by atoms with Crippen LogP contribution in [0, 0.1) is 0 Å². The molecule has 1 N–H and O–H groups in total. The summed E-state index contributed by atoms with van der Waals surface area (Å²) in [5.74, 6) is 0. The monoisotopic (exact) mass is 368 g/mol. The van der Waals surface area contributed by atoms with Crippen LogP contribution in [0.15, 0.2) is 0 Å². The molecule has 1 unspecified atom stereocenters. The third kappa shape index (κ3) is 14.7. The van der Waals surface area contributed by atoms with Crippen molar-refractivity contribution in [2.45, 2.75) is 94.3 Å². The molecule has 0 saturated heterocycles. The van der Waals surface area contributed by atoms with E-state index in [1.807, 2.05) is 0 Å². The maximum atomic E-state index is 8.90. The summed E-state index contributed by atoms with van der Waals surface area (Å²) >= 11 is 2.35. The van der Waals surface area contributed by atoms with E-state index in [1.165, 1.54) is 83.5 Å². The molecule has 0 aliphatic heterocycles. The fourth-order valence-corrected chi connectivity index (χ4v) is 2.74. The standard InChI is InChI=1S/C16H33IO/c1-2-3-4-5-6-7-8-9-10-11-12-13-14-16(17)15-18/h16,18H,2-15H2,1H3. The Morgan fingerprint density at radius 2 is 1.11 bits per heavy atom. The Labute approximate surface area is 128 Å². The van der Waals surface area contributed by atoms with Gasteiger partial charge in [0.25, 0.3) is 0 Å². The molecule has 0 saturated carbocycles. The average molecular weight is 368 g/mol.